The van der Waals surface area contributed by atoms with Gasteiger partial charge in [0, 0.05) is 12.1 Å². The lowest BCUT2D eigenvalue weighted by molar-refractivity contribution is -0.385. The molecule has 0 aliphatic heterocycles. The van der Waals surface area contributed by atoms with Gasteiger partial charge in [-0.3, -0.25) is 14.4 Å². The lowest BCUT2D eigenvalue weighted by Gasteiger charge is -2.24. The van der Waals surface area contributed by atoms with Crippen molar-refractivity contribution in [1.82, 2.24) is 0 Å². The molecule has 0 N–H and O–H groups in total. The first-order valence-corrected chi connectivity index (χ1v) is 9.71. The number of nitro benzene ring substituents is 1. The van der Waals surface area contributed by atoms with Crippen LogP contribution < -0.4 is 4.31 Å². The normalized spacial score (nSPS) is 11.0. The molecule has 10 heteroatoms. The molecular formula is C18H17ClN2O6S. The zero-order valence-electron chi connectivity index (χ0n) is 15.1. The molecule has 2 aromatic rings. The summed E-state index contributed by atoms with van der Waals surface area (Å²) in [5, 5.41) is 11.2. The molecule has 2 aromatic carbocycles. The first-order valence-electron chi connectivity index (χ1n) is 7.90. The van der Waals surface area contributed by atoms with Gasteiger partial charge in [0.15, 0.2) is 0 Å². The average Bonchev–Trinajstić information content (AvgIpc) is 2.66. The van der Waals surface area contributed by atoms with Crippen LogP contribution >= 0.6 is 11.6 Å². The van der Waals surface area contributed by atoms with Crippen molar-refractivity contribution < 1.29 is 22.9 Å². The summed E-state index contributed by atoms with van der Waals surface area (Å²) >= 11 is 6.00. The second kappa shape index (κ2) is 8.41. The zero-order chi connectivity index (χ0) is 21.1. The minimum absolute atomic E-state index is 0.0123. The van der Waals surface area contributed by atoms with E-state index in [2.05, 4.69) is 11.3 Å². The first kappa shape index (κ1) is 21.4. The maximum absolute atomic E-state index is 13.3. The number of methoxy groups -OCH3 is 1. The van der Waals surface area contributed by atoms with Gasteiger partial charge in [0.05, 0.1) is 39.7 Å². The van der Waals surface area contributed by atoms with Gasteiger partial charge in [-0.15, -0.1) is 6.58 Å². The Morgan fingerprint density at radius 2 is 2.00 bits per heavy atom. The summed E-state index contributed by atoms with van der Waals surface area (Å²) in [4.78, 5) is 22.1. The van der Waals surface area contributed by atoms with Gasteiger partial charge in [0.1, 0.15) is 0 Å². The standard InChI is InChI=1S/C18H17ClN2O6S/c1-4-9-20(13-7-8-16(19)15(10-13)18(22)27-3)28(25,26)17-11-14(21(23)24)6-5-12(17)2/h4-8,10-11H,1,9H2,2-3H3. The number of benzene rings is 2. The Morgan fingerprint density at radius 3 is 2.57 bits per heavy atom. The number of hydrogen-bond donors (Lipinski definition) is 0. The molecule has 0 amide bonds. The Kier molecular flexibility index (Phi) is 6.42. The predicted octanol–water partition coefficient (Wildman–Crippen LogP) is 3.72. The molecule has 28 heavy (non-hydrogen) atoms. The molecule has 0 atom stereocenters. The monoisotopic (exact) mass is 424 g/mol. The Labute approximate surface area is 167 Å². The lowest BCUT2D eigenvalue weighted by Crippen LogP contribution is -2.32. The van der Waals surface area contributed by atoms with Crippen molar-refractivity contribution in [1.29, 1.82) is 0 Å². The number of esters is 1. The number of anilines is 1. The molecule has 0 aliphatic carbocycles. The molecule has 2 rings (SSSR count). The molecule has 0 spiro atoms. The van der Waals surface area contributed by atoms with Crippen molar-refractivity contribution in [2.24, 2.45) is 0 Å². The van der Waals surface area contributed by atoms with Crippen molar-refractivity contribution in [2.45, 2.75) is 11.8 Å². The molecule has 0 bridgehead atoms. The van der Waals surface area contributed by atoms with E-state index >= 15 is 0 Å². The third-order valence-corrected chi connectivity index (χ3v) is 6.15. The third kappa shape index (κ3) is 4.15. The molecule has 0 heterocycles. The second-order valence-electron chi connectivity index (χ2n) is 5.69. The maximum atomic E-state index is 13.3. The fraction of sp³-hybridized carbons (Fsp3) is 0.167. The van der Waals surface area contributed by atoms with Crippen LogP contribution in [-0.4, -0.2) is 33.0 Å². The molecule has 148 valence electrons. The van der Waals surface area contributed by atoms with Crippen LogP contribution in [-0.2, 0) is 14.8 Å². The van der Waals surface area contributed by atoms with Crippen molar-refractivity contribution in [3.8, 4) is 0 Å². The van der Waals surface area contributed by atoms with Gasteiger partial charge in [0.25, 0.3) is 15.7 Å². The average molecular weight is 425 g/mol. The van der Waals surface area contributed by atoms with Crippen LogP contribution in [0, 0.1) is 17.0 Å². The van der Waals surface area contributed by atoms with Crippen molar-refractivity contribution in [3.05, 3.63) is 75.3 Å². The zero-order valence-corrected chi connectivity index (χ0v) is 16.7. The van der Waals surface area contributed by atoms with E-state index in [9.17, 15) is 23.3 Å². The van der Waals surface area contributed by atoms with Gasteiger partial charge < -0.3 is 4.74 Å². The quantitative estimate of drug-likeness (QED) is 0.290. The highest BCUT2D eigenvalue weighted by Gasteiger charge is 2.28. The number of halogens is 1. The largest absolute Gasteiger partial charge is 0.465 e. The predicted molar refractivity (Wildman–Crippen MR) is 105 cm³/mol. The first-order chi connectivity index (χ1) is 13.1. The lowest BCUT2D eigenvalue weighted by atomic mass is 10.2. The van der Waals surface area contributed by atoms with Gasteiger partial charge in [-0.2, -0.15) is 0 Å². The number of non-ortho nitro benzene ring substituents is 1. The number of sulfonamides is 1. The van der Waals surface area contributed by atoms with Crippen LogP contribution in [0.15, 0.2) is 53.9 Å². The smallest absolute Gasteiger partial charge is 0.339 e. The number of aryl methyl sites for hydroxylation is 1. The number of nitro groups is 1. The molecule has 0 unspecified atom stereocenters. The van der Waals surface area contributed by atoms with Crippen molar-refractivity contribution in [2.75, 3.05) is 18.0 Å². The number of carbonyl (C=O) groups is 1. The van der Waals surface area contributed by atoms with Crippen LogP contribution in [0.4, 0.5) is 11.4 Å². The summed E-state index contributed by atoms with van der Waals surface area (Å²) in [7, 11) is -3.03. The van der Waals surface area contributed by atoms with Gasteiger partial charge in [-0.05, 0) is 30.7 Å². The number of carbonyl (C=O) groups excluding carboxylic acids is 1. The van der Waals surface area contributed by atoms with Crippen LogP contribution in [0.1, 0.15) is 15.9 Å². The molecule has 0 saturated heterocycles. The van der Waals surface area contributed by atoms with Crippen LogP contribution in [0.2, 0.25) is 5.02 Å². The van der Waals surface area contributed by atoms with Crippen LogP contribution in [0.25, 0.3) is 0 Å². The summed E-state index contributed by atoms with van der Waals surface area (Å²) in [5.74, 6) is -0.727. The fourth-order valence-electron chi connectivity index (χ4n) is 2.49. The van der Waals surface area contributed by atoms with E-state index in [1.807, 2.05) is 0 Å². The van der Waals surface area contributed by atoms with Gasteiger partial charge in [-0.1, -0.05) is 23.7 Å². The second-order valence-corrected chi connectivity index (χ2v) is 7.93. The van der Waals surface area contributed by atoms with E-state index in [0.717, 1.165) is 10.4 Å². The Balaban J connectivity index is 2.67. The van der Waals surface area contributed by atoms with E-state index in [4.69, 9.17) is 11.6 Å². The SMILES string of the molecule is C=CCN(c1ccc(Cl)c(C(=O)OC)c1)S(=O)(=O)c1cc([N+](=O)[O-])ccc1C. The summed E-state index contributed by atoms with van der Waals surface area (Å²) in [5.41, 5.74) is 0.105. The van der Waals surface area contributed by atoms with Gasteiger partial charge >= 0.3 is 5.97 Å². The fourth-order valence-corrected chi connectivity index (χ4v) is 4.36. The minimum Gasteiger partial charge on any atom is -0.465 e. The highest BCUT2D eigenvalue weighted by atomic mass is 35.5. The third-order valence-electron chi connectivity index (χ3n) is 3.89. The molecule has 0 fully saturated rings. The molecular weight excluding hydrogens is 408 g/mol. The van der Waals surface area contributed by atoms with E-state index in [-0.39, 0.29) is 33.4 Å². The molecule has 0 aromatic heterocycles. The highest BCUT2D eigenvalue weighted by Crippen LogP contribution is 2.31. The summed E-state index contributed by atoms with van der Waals surface area (Å²) in [6, 6.07) is 7.65. The van der Waals surface area contributed by atoms with Gasteiger partial charge in [-0.25, -0.2) is 13.2 Å². The van der Waals surface area contributed by atoms with Crippen molar-refractivity contribution in [3.63, 3.8) is 0 Å². The van der Waals surface area contributed by atoms with E-state index < -0.39 is 20.9 Å². The number of ether oxygens (including phenoxy) is 1. The molecule has 0 aliphatic rings. The van der Waals surface area contributed by atoms with E-state index in [1.54, 1.807) is 0 Å². The van der Waals surface area contributed by atoms with E-state index in [0.29, 0.717) is 5.56 Å². The van der Waals surface area contributed by atoms with Gasteiger partial charge in [0.2, 0.25) is 0 Å². The molecule has 0 radical (unpaired) electrons. The number of rotatable bonds is 7. The topological polar surface area (TPSA) is 107 Å². The van der Waals surface area contributed by atoms with E-state index in [1.165, 1.54) is 50.4 Å². The highest BCUT2D eigenvalue weighted by molar-refractivity contribution is 7.92. The Bertz CT molecular complexity index is 1050. The number of hydrogen-bond acceptors (Lipinski definition) is 6. The summed E-state index contributed by atoms with van der Waals surface area (Å²) < 4.78 is 32.2. The summed E-state index contributed by atoms with van der Waals surface area (Å²) in [6.07, 6.45) is 1.36. The Hall–Kier alpha value is -2.91. The molecule has 8 nitrogen and oxygen atoms in total. The van der Waals surface area contributed by atoms with Crippen LogP contribution in [0.5, 0.6) is 0 Å². The summed E-state index contributed by atoms with van der Waals surface area (Å²) in [6.45, 7) is 4.96. The van der Waals surface area contributed by atoms with Crippen molar-refractivity contribution >= 4 is 39.0 Å². The number of nitrogens with zero attached hydrogens (tertiary/aromatic N) is 2. The maximum Gasteiger partial charge on any atom is 0.339 e. The minimum atomic E-state index is -4.20. The molecule has 0 saturated carbocycles. The van der Waals surface area contributed by atoms with Crippen LogP contribution in [0.3, 0.4) is 0 Å². The Morgan fingerprint density at radius 1 is 1.32 bits per heavy atom.